The van der Waals surface area contributed by atoms with Gasteiger partial charge in [0.2, 0.25) is 5.75 Å². The Morgan fingerprint density at radius 1 is 0.903 bits per heavy atom. The fraction of sp³-hybridized carbons (Fsp3) is 0. The third-order valence-corrected chi connectivity index (χ3v) is 4.78. The smallest absolute Gasteiger partial charge is 0.744 e. The second-order valence-electron chi connectivity index (χ2n) is 5.82. The maximum Gasteiger partial charge on any atom is 1.00 e. The predicted molar refractivity (Wildman–Crippen MR) is 99.2 cm³/mol. The van der Waals surface area contributed by atoms with Crippen LogP contribution in [0.5, 0.6) is 11.5 Å². The van der Waals surface area contributed by atoms with Crippen LogP contribution in [0, 0.1) is 20.2 Å². The standard InChI is InChI=1S/C16H10N4O9S.Na/c21-14-4-1-8-5-10(30(27,28)29)2-3-11(8)15(14)18-17-12-6-9(19(23)24)7-13(16(12)22)20(25)26;/h1-7,21-22H,(H,27,28,29);/q;+1/p-1. The first-order valence-corrected chi connectivity index (χ1v) is 9.19. The van der Waals surface area contributed by atoms with Crippen LogP contribution in [0.4, 0.5) is 22.7 Å². The van der Waals surface area contributed by atoms with Crippen molar-refractivity contribution in [1.29, 1.82) is 0 Å². The Morgan fingerprint density at radius 2 is 1.58 bits per heavy atom. The topological polar surface area (TPSA) is 209 Å². The predicted octanol–water partition coefficient (Wildman–Crippen LogP) is 0.391. The van der Waals surface area contributed by atoms with E-state index >= 15 is 0 Å². The maximum atomic E-state index is 11.2. The zero-order valence-corrected chi connectivity index (χ0v) is 18.3. The third-order valence-electron chi connectivity index (χ3n) is 3.95. The van der Waals surface area contributed by atoms with Gasteiger partial charge in [-0.1, -0.05) is 12.1 Å². The molecule has 0 fully saturated rings. The molecule has 0 atom stereocenters. The molecule has 0 aliphatic carbocycles. The number of phenols is 2. The minimum atomic E-state index is -4.73. The fourth-order valence-corrected chi connectivity index (χ4v) is 3.06. The van der Waals surface area contributed by atoms with Gasteiger partial charge in [-0.3, -0.25) is 20.2 Å². The number of rotatable bonds is 5. The van der Waals surface area contributed by atoms with Crippen molar-refractivity contribution < 1.29 is 62.6 Å². The van der Waals surface area contributed by atoms with Crippen molar-refractivity contribution in [1.82, 2.24) is 0 Å². The molecular weight excluding hydrogens is 447 g/mol. The van der Waals surface area contributed by atoms with Gasteiger partial charge in [-0.15, -0.1) is 10.2 Å². The number of fused-ring (bicyclic) bond motifs is 1. The Bertz CT molecular complexity index is 1360. The van der Waals surface area contributed by atoms with Crippen LogP contribution in [0.25, 0.3) is 10.8 Å². The SMILES string of the molecule is O=[N+]([O-])c1cc(N=Nc2c(O)ccc3cc(S(=O)(=O)[O-])ccc23)c(O)c([N+](=O)[O-])c1.[Na+]. The molecule has 0 aromatic heterocycles. The molecule has 0 saturated heterocycles. The number of hydrogen-bond acceptors (Lipinski definition) is 11. The van der Waals surface area contributed by atoms with E-state index in [1.54, 1.807) is 0 Å². The van der Waals surface area contributed by atoms with E-state index in [0.29, 0.717) is 6.07 Å². The van der Waals surface area contributed by atoms with Crippen molar-refractivity contribution >= 4 is 43.6 Å². The van der Waals surface area contributed by atoms with Crippen LogP contribution in [-0.2, 0) is 10.1 Å². The molecule has 2 N–H and O–H groups in total. The van der Waals surface area contributed by atoms with E-state index in [-0.39, 0.29) is 46.0 Å². The van der Waals surface area contributed by atoms with Crippen molar-refractivity contribution in [2.45, 2.75) is 4.90 Å². The van der Waals surface area contributed by atoms with Crippen molar-refractivity contribution in [2.24, 2.45) is 10.2 Å². The molecule has 0 radical (unpaired) electrons. The zero-order valence-electron chi connectivity index (χ0n) is 15.5. The van der Waals surface area contributed by atoms with Gasteiger partial charge in [0, 0.05) is 11.5 Å². The van der Waals surface area contributed by atoms with Crippen LogP contribution >= 0.6 is 0 Å². The summed E-state index contributed by atoms with van der Waals surface area (Å²) in [6.45, 7) is 0. The maximum absolute atomic E-state index is 11.2. The van der Waals surface area contributed by atoms with E-state index in [1.807, 2.05) is 0 Å². The minimum absolute atomic E-state index is 0. The van der Waals surface area contributed by atoms with Gasteiger partial charge in [-0.2, -0.15) is 0 Å². The molecule has 0 aliphatic rings. The summed E-state index contributed by atoms with van der Waals surface area (Å²) < 4.78 is 33.5. The largest absolute Gasteiger partial charge is 1.00 e. The molecule has 3 aromatic carbocycles. The van der Waals surface area contributed by atoms with Gasteiger partial charge >= 0.3 is 35.2 Å². The number of benzene rings is 3. The Labute approximate surface area is 195 Å². The number of non-ortho nitro benzene ring substituents is 1. The monoisotopic (exact) mass is 456 g/mol. The summed E-state index contributed by atoms with van der Waals surface area (Å²) in [5, 5.41) is 49.6. The normalized spacial score (nSPS) is 11.4. The van der Waals surface area contributed by atoms with E-state index in [1.165, 1.54) is 12.1 Å². The van der Waals surface area contributed by atoms with E-state index in [2.05, 4.69) is 10.2 Å². The molecular formula is C16H9N4NaO9S. The third kappa shape index (κ3) is 4.95. The number of nitro groups is 2. The van der Waals surface area contributed by atoms with E-state index in [9.17, 15) is 43.4 Å². The quantitative estimate of drug-likeness (QED) is 0.178. The van der Waals surface area contributed by atoms with Gasteiger partial charge in [-0.25, -0.2) is 8.42 Å². The molecule has 154 valence electrons. The van der Waals surface area contributed by atoms with Gasteiger partial charge in [0.15, 0.2) is 0 Å². The van der Waals surface area contributed by atoms with Crippen LogP contribution in [-0.4, -0.2) is 33.0 Å². The second kappa shape index (κ2) is 8.91. The van der Waals surface area contributed by atoms with Gasteiger partial charge < -0.3 is 14.8 Å². The molecule has 31 heavy (non-hydrogen) atoms. The van der Waals surface area contributed by atoms with Crippen molar-refractivity contribution in [3.63, 3.8) is 0 Å². The van der Waals surface area contributed by atoms with Crippen LogP contribution < -0.4 is 29.6 Å². The number of nitro benzene ring substituents is 2. The Morgan fingerprint density at radius 3 is 2.16 bits per heavy atom. The number of hydrogen-bond donors (Lipinski definition) is 2. The second-order valence-corrected chi connectivity index (χ2v) is 7.20. The molecule has 15 heteroatoms. The Kier molecular flexibility index (Phi) is 6.93. The summed E-state index contributed by atoms with van der Waals surface area (Å²) in [4.78, 5) is 19.5. The summed E-state index contributed by atoms with van der Waals surface area (Å²) in [6.07, 6.45) is 0. The summed E-state index contributed by atoms with van der Waals surface area (Å²) in [5.74, 6) is -1.41. The molecule has 0 amide bonds. The molecule has 13 nitrogen and oxygen atoms in total. The van der Waals surface area contributed by atoms with Crippen molar-refractivity contribution in [2.75, 3.05) is 0 Å². The summed E-state index contributed by atoms with van der Waals surface area (Å²) in [6, 6.07) is 6.96. The Hall–Kier alpha value is -3.17. The molecule has 0 bridgehead atoms. The average Bonchev–Trinajstić information content (AvgIpc) is 2.66. The van der Waals surface area contributed by atoms with Gasteiger partial charge in [-0.05, 0) is 23.6 Å². The van der Waals surface area contributed by atoms with Crippen molar-refractivity contribution in [3.8, 4) is 11.5 Å². The molecule has 0 heterocycles. The molecule has 0 saturated carbocycles. The summed E-state index contributed by atoms with van der Waals surface area (Å²) in [7, 11) is -4.73. The van der Waals surface area contributed by atoms with Gasteiger partial charge in [0.05, 0.1) is 20.8 Å². The van der Waals surface area contributed by atoms with Crippen LogP contribution in [0.1, 0.15) is 0 Å². The number of nitrogens with zero attached hydrogens (tertiary/aromatic N) is 4. The van der Waals surface area contributed by atoms with Crippen LogP contribution in [0.2, 0.25) is 0 Å². The molecule has 3 rings (SSSR count). The van der Waals surface area contributed by atoms with Gasteiger partial charge in [0.25, 0.3) is 5.69 Å². The molecule has 0 spiro atoms. The molecule has 3 aromatic rings. The molecule has 0 aliphatic heterocycles. The fourth-order valence-electron chi connectivity index (χ4n) is 2.56. The summed E-state index contributed by atoms with van der Waals surface area (Å²) in [5.41, 5.74) is -2.52. The van der Waals surface area contributed by atoms with E-state index in [0.717, 1.165) is 24.3 Å². The first kappa shape index (κ1) is 24.1. The van der Waals surface area contributed by atoms with Crippen molar-refractivity contribution in [3.05, 3.63) is 62.7 Å². The number of azo groups is 1. The Balaban J connectivity index is 0.00000341. The first-order chi connectivity index (χ1) is 14.0. The minimum Gasteiger partial charge on any atom is -0.744 e. The first-order valence-electron chi connectivity index (χ1n) is 7.78. The van der Waals surface area contributed by atoms with E-state index in [4.69, 9.17) is 0 Å². The molecule has 0 unspecified atom stereocenters. The number of aromatic hydroxyl groups is 2. The van der Waals surface area contributed by atoms with Gasteiger partial charge in [0.1, 0.15) is 27.2 Å². The number of phenolic OH excluding ortho intramolecular Hbond substituents is 2. The summed E-state index contributed by atoms with van der Waals surface area (Å²) >= 11 is 0. The average molecular weight is 456 g/mol. The zero-order chi connectivity index (χ0) is 22.2. The van der Waals surface area contributed by atoms with Crippen LogP contribution in [0.15, 0.2) is 57.6 Å². The van der Waals surface area contributed by atoms with E-state index < -0.39 is 53.4 Å². The van der Waals surface area contributed by atoms with Crippen LogP contribution in [0.3, 0.4) is 0 Å².